The van der Waals surface area contributed by atoms with Crippen LogP contribution in [-0.2, 0) is 4.79 Å². The Labute approximate surface area is 165 Å². The maximum absolute atomic E-state index is 11.7. The van der Waals surface area contributed by atoms with Crippen LogP contribution in [0.4, 0.5) is 5.69 Å². The summed E-state index contributed by atoms with van der Waals surface area (Å²) in [5, 5.41) is 25.0. The topological polar surface area (TPSA) is 114 Å². The van der Waals surface area contributed by atoms with E-state index in [0.717, 1.165) is 18.3 Å². The number of nitro benzene ring substituents is 1. The molecule has 0 saturated heterocycles. The molecule has 0 radical (unpaired) electrons. The van der Waals surface area contributed by atoms with Crippen molar-refractivity contribution in [1.29, 1.82) is 0 Å². The van der Waals surface area contributed by atoms with Crippen LogP contribution in [0.25, 0.3) is 0 Å². The number of ether oxygens (including phenoxy) is 1. The number of nitro groups is 1. The zero-order chi connectivity index (χ0) is 19.3. The highest BCUT2D eigenvalue weighted by Crippen LogP contribution is 2.31. The maximum atomic E-state index is 11.7. The van der Waals surface area contributed by atoms with Crippen LogP contribution in [0, 0.1) is 10.1 Å². The smallest absolute Gasteiger partial charge is 0.277 e. The van der Waals surface area contributed by atoms with E-state index in [9.17, 15) is 20.0 Å². The number of rotatable bonds is 6. The Balaban J connectivity index is 1.97. The van der Waals surface area contributed by atoms with Crippen LogP contribution >= 0.6 is 39.1 Å². The Kier molecular flexibility index (Phi) is 6.78. The van der Waals surface area contributed by atoms with E-state index in [1.54, 1.807) is 6.07 Å². The van der Waals surface area contributed by atoms with Gasteiger partial charge in [0.1, 0.15) is 11.5 Å². The number of amides is 1. The summed E-state index contributed by atoms with van der Waals surface area (Å²) < 4.78 is 5.35. The molecule has 0 heterocycles. The quantitative estimate of drug-likeness (QED) is 0.384. The Bertz CT molecular complexity index is 892. The molecule has 2 aromatic rings. The normalized spacial score (nSPS) is 10.7. The lowest BCUT2D eigenvalue weighted by Gasteiger charge is -2.07. The van der Waals surface area contributed by atoms with Crippen LogP contribution in [0.1, 0.15) is 5.56 Å². The third kappa shape index (κ3) is 5.32. The molecular formula is C15H10BrCl2N3O5. The Morgan fingerprint density at radius 3 is 2.77 bits per heavy atom. The molecule has 0 fully saturated rings. The monoisotopic (exact) mass is 461 g/mol. The number of carbonyl (C=O) groups is 1. The first-order chi connectivity index (χ1) is 12.3. The van der Waals surface area contributed by atoms with Crippen molar-refractivity contribution in [2.75, 3.05) is 6.61 Å². The standard InChI is InChI=1S/C15H10BrCl2N3O5/c16-11-5-10(21(24)25)3-8(15(11)23)6-19-20-14(22)7-26-13-2-1-9(17)4-12(13)18/h1-6,23H,7H2,(H,20,22). The van der Waals surface area contributed by atoms with Gasteiger partial charge in [-0.1, -0.05) is 23.2 Å². The van der Waals surface area contributed by atoms with Crippen molar-refractivity contribution in [2.24, 2.45) is 5.10 Å². The second-order valence-corrected chi connectivity index (χ2v) is 6.48. The summed E-state index contributed by atoms with van der Waals surface area (Å²) in [6.45, 7) is -0.372. The molecule has 0 aromatic heterocycles. The minimum atomic E-state index is -0.621. The lowest BCUT2D eigenvalue weighted by atomic mass is 10.2. The Hall–Kier alpha value is -2.36. The van der Waals surface area contributed by atoms with E-state index in [-0.39, 0.29) is 38.9 Å². The van der Waals surface area contributed by atoms with Crippen molar-refractivity contribution in [2.45, 2.75) is 0 Å². The number of phenolic OH excluding ortho intramolecular Hbond substituents is 1. The van der Waals surface area contributed by atoms with Crippen molar-refractivity contribution in [3.8, 4) is 11.5 Å². The molecule has 0 bridgehead atoms. The molecule has 0 atom stereocenters. The highest BCUT2D eigenvalue weighted by Gasteiger charge is 2.13. The van der Waals surface area contributed by atoms with Gasteiger partial charge >= 0.3 is 0 Å². The predicted octanol–water partition coefficient (Wildman–Crippen LogP) is 3.90. The van der Waals surface area contributed by atoms with Crippen LogP contribution in [0.15, 0.2) is 39.9 Å². The van der Waals surface area contributed by atoms with E-state index >= 15 is 0 Å². The molecule has 11 heteroatoms. The van der Waals surface area contributed by atoms with Gasteiger partial charge in [0.05, 0.1) is 20.6 Å². The van der Waals surface area contributed by atoms with Crippen LogP contribution in [-0.4, -0.2) is 28.8 Å². The van der Waals surface area contributed by atoms with Gasteiger partial charge in [-0.15, -0.1) is 0 Å². The van der Waals surface area contributed by atoms with Crippen LogP contribution in [0.5, 0.6) is 11.5 Å². The van der Waals surface area contributed by atoms with Crippen molar-refractivity contribution in [1.82, 2.24) is 5.43 Å². The lowest BCUT2D eigenvalue weighted by molar-refractivity contribution is -0.385. The van der Waals surface area contributed by atoms with Gasteiger partial charge in [0, 0.05) is 22.7 Å². The third-order valence-electron chi connectivity index (χ3n) is 2.93. The number of hydrazone groups is 1. The molecule has 0 aliphatic rings. The lowest BCUT2D eigenvalue weighted by Crippen LogP contribution is -2.24. The van der Waals surface area contributed by atoms with E-state index < -0.39 is 10.8 Å². The molecular weight excluding hydrogens is 453 g/mol. The molecule has 2 rings (SSSR count). The molecule has 0 aliphatic heterocycles. The molecule has 0 saturated carbocycles. The number of non-ortho nitro benzene ring substituents is 1. The summed E-state index contributed by atoms with van der Waals surface area (Å²) in [6, 6.07) is 6.80. The zero-order valence-electron chi connectivity index (χ0n) is 12.8. The fourth-order valence-corrected chi connectivity index (χ4v) is 2.68. The van der Waals surface area contributed by atoms with Crippen LogP contribution < -0.4 is 10.2 Å². The average Bonchev–Trinajstić information content (AvgIpc) is 2.57. The molecule has 2 N–H and O–H groups in total. The van der Waals surface area contributed by atoms with Crippen LogP contribution in [0.3, 0.4) is 0 Å². The second-order valence-electron chi connectivity index (χ2n) is 4.78. The molecule has 1 amide bonds. The third-order valence-corrected chi connectivity index (χ3v) is 4.07. The summed E-state index contributed by atoms with van der Waals surface area (Å²) >= 11 is 14.7. The number of benzene rings is 2. The highest BCUT2D eigenvalue weighted by atomic mass is 79.9. The second kappa shape index (κ2) is 8.84. The number of halogens is 3. The molecule has 0 aliphatic carbocycles. The van der Waals surface area contributed by atoms with Crippen molar-refractivity contribution in [3.05, 3.63) is 60.5 Å². The molecule has 2 aromatic carbocycles. The summed E-state index contributed by atoms with van der Waals surface area (Å²) in [6.07, 6.45) is 1.07. The largest absolute Gasteiger partial charge is 0.506 e. The average molecular weight is 463 g/mol. The summed E-state index contributed by atoms with van der Waals surface area (Å²) in [5.74, 6) is -0.579. The SMILES string of the molecule is O=C(COc1ccc(Cl)cc1Cl)NN=Cc1cc([N+](=O)[O-])cc(Br)c1O. The van der Waals surface area contributed by atoms with E-state index in [1.807, 2.05) is 0 Å². The van der Waals surface area contributed by atoms with Crippen LogP contribution in [0.2, 0.25) is 10.0 Å². The highest BCUT2D eigenvalue weighted by molar-refractivity contribution is 9.10. The molecule has 26 heavy (non-hydrogen) atoms. The van der Waals surface area contributed by atoms with Gasteiger partial charge in [0.15, 0.2) is 6.61 Å². The van der Waals surface area contributed by atoms with Gasteiger partial charge in [-0.25, -0.2) is 5.43 Å². The Morgan fingerprint density at radius 2 is 2.12 bits per heavy atom. The van der Waals surface area contributed by atoms with Gasteiger partial charge in [0.2, 0.25) is 0 Å². The number of nitrogens with zero attached hydrogens (tertiary/aromatic N) is 2. The van der Waals surface area contributed by atoms with E-state index in [4.69, 9.17) is 27.9 Å². The maximum Gasteiger partial charge on any atom is 0.277 e. The predicted molar refractivity (Wildman–Crippen MR) is 100 cm³/mol. The number of hydrogen-bond donors (Lipinski definition) is 2. The Morgan fingerprint density at radius 1 is 1.38 bits per heavy atom. The zero-order valence-corrected chi connectivity index (χ0v) is 15.9. The van der Waals surface area contributed by atoms with E-state index in [0.29, 0.717) is 5.02 Å². The number of carbonyl (C=O) groups excluding carboxylic acids is 1. The van der Waals surface area contributed by atoms with Gasteiger partial charge in [-0.2, -0.15) is 5.10 Å². The van der Waals surface area contributed by atoms with Crippen molar-refractivity contribution in [3.63, 3.8) is 0 Å². The molecule has 0 unspecified atom stereocenters. The minimum Gasteiger partial charge on any atom is -0.506 e. The van der Waals surface area contributed by atoms with Crippen molar-refractivity contribution < 1.29 is 19.6 Å². The summed E-state index contributed by atoms with van der Waals surface area (Å²) in [5.41, 5.74) is 1.97. The summed E-state index contributed by atoms with van der Waals surface area (Å²) in [7, 11) is 0. The number of phenols is 1. The fourth-order valence-electron chi connectivity index (χ4n) is 1.75. The fraction of sp³-hybridized carbons (Fsp3) is 0.0667. The van der Waals surface area contributed by atoms with Crippen molar-refractivity contribution >= 4 is 56.9 Å². The van der Waals surface area contributed by atoms with Gasteiger partial charge < -0.3 is 9.84 Å². The summed E-state index contributed by atoms with van der Waals surface area (Å²) in [4.78, 5) is 21.9. The van der Waals surface area contributed by atoms with Gasteiger partial charge in [-0.05, 0) is 34.1 Å². The number of aromatic hydroxyl groups is 1. The van der Waals surface area contributed by atoms with E-state index in [2.05, 4.69) is 26.5 Å². The first-order valence-corrected chi connectivity index (χ1v) is 8.39. The van der Waals surface area contributed by atoms with Gasteiger partial charge in [0.25, 0.3) is 11.6 Å². The molecule has 136 valence electrons. The first-order valence-electron chi connectivity index (χ1n) is 6.84. The number of hydrogen-bond acceptors (Lipinski definition) is 6. The minimum absolute atomic E-state index is 0.0491. The molecule has 8 nitrogen and oxygen atoms in total. The first kappa shape index (κ1) is 20.0. The number of nitrogens with one attached hydrogen (secondary N) is 1. The van der Waals surface area contributed by atoms with Gasteiger partial charge in [-0.3, -0.25) is 14.9 Å². The van der Waals surface area contributed by atoms with E-state index in [1.165, 1.54) is 12.1 Å². The molecule has 0 spiro atoms.